The van der Waals surface area contributed by atoms with Gasteiger partial charge in [-0.05, 0) is 43.4 Å². The van der Waals surface area contributed by atoms with E-state index in [4.69, 9.17) is 0 Å². The van der Waals surface area contributed by atoms with Gasteiger partial charge in [0, 0.05) is 12.6 Å². The van der Waals surface area contributed by atoms with Gasteiger partial charge in [-0.2, -0.15) is 0 Å². The fraction of sp³-hybridized carbons (Fsp3) is 0.625. The van der Waals surface area contributed by atoms with Crippen LogP contribution in [0.2, 0.25) is 0 Å². The minimum atomic E-state index is -3.41. The highest BCUT2D eigenvalue weighted by molar-refractivity contribution is 7.89. The van der Waals surface area contributed by atoms with Gasteiger partial charge < -0.3 is 5.32 Å². The van der Waals surface area contributed by atoms with E-state index in [1.165, 1.54) is 0 Å². The van der Waals surface area contributed by atoms with Gasteiger partial charge in [-0.3, -0.25) is 0 Å². The number of rotatable bonds is 9. The average molecular weight is 310 g/mol. The molecule has 1 aliphatic carbocycles. The predicted molar refractivity (Wildman–Crippen MR) is 85.6 cm³/mol. The molecule has 118 valence electrons. The van der Waals surface area contributed by atoms with E-state index < -0.39 is 10.0 Å². The van der Waals surface area contributed by atoms with Gasteiger partial charge in [-0.1, -0.05) is 38.5 Å². The van der Waals surface area contributed by atoms with Gasteiger partial charge in [0.15, 0.2) is 0 Å². The molecule has 0 aromatic heterocycles. The summed E-state index contributed by atoms with van der Waals surface area (Å²) in [4.78, 5) is 0.413. The SMILES string of the molecule is CCCNCc1ccccc1S(=O)(=O)NC1CC1CCC. The predicted octanol–water partition coefficient (Wildman–Crippen LogP) is 2.65. The third-order valence-corrected chi connectivity index (χ3v) is 5.48. The second-order valence-corrected chi connectivity index (χ2v) is 7.48. The van der Waals surface area contributed by atoms with Crippen molar-refractivity contribution in [3.8, 4) is 0 Å². The Balaban J connectivity index is 2.05. The quantitative estimate of drug-likeness (QED) is 0.689. The second-order valence-electron chi connectivity index (χ2n) is 5.80. The van der Waals surface area contributed by atoms with Crippen LogP contribution < -0.4 is 10.0 Å². The van der Waals surface area contributed by atoms with Crippen LogP contribution in [-0.4, -0.2) is 21.0 Å². The summed E-state index contributed by atoms with van der Waals surface area (Å²) in [5, 5.41) is 3.27. The van der Waals surface area contributed by atoms with Crippen molar-refractivity contribution in [2.75, 3.05) is 6.54 Å². The molecule has 1 aromatic rings. The first-order valence-electron chi connectivity index (χ1n) is 7.89. The molecule has 0 heterocycles. The molecule has 0 radical (unpaired) electrons. The third-order valence-electron chi connectivity index (χ3n) is 3.89. The number of hydrogen-bond acceptors (Lipinski definition) is 3. The summed E-state index contributed by atoms with van der Waals surface area (Å²) >= 11 is 0. The van der Waals surface area contributed by atoms with Gasteiger partial charge >= 0.3 is 0 Å². The van der Waals surface area contributed by atoms with Crippen molar-refractivity contribution >= 4 is 10.0 Å². The van der Waals surface area contributed by atoms with Crippen LogP contribution in [0.25, 0.3) is 0 Å². The zero-order valence-electron chi connectivity index (χ0n) is 12.9. The van der Waals surface area contributed by atoms with E-state index in [0.717, 1.165) is 37.8 Å². The van der Waals surface area contributed by atoms with Crippen LogP contribution in [0, 0.1) is 5.92 Å². The summed E-state index contributed by atoms with van der Waals surface area (Å²) in [5.41, 5.74) is 0.839. The highest BCUT2D eigenvalue weighted by Crippen LogP contribution is 2.35. The summed E-state index contributed by atoms with van der Waals surface area (Å²) in [7, 11) is -3.41. The second kappa shape index (κ2) is 7.38. The molecule has 4 nitrogen and oxygen atoms in total. The molecule has 1 aromatic carbocycles. The molecule has 0 bridgehead atoms. The standard InChI is InChI=1S/C16H26N2O2S/c1-3-7-13-11-15(13)18-21(19,20)16-9-6-5-8-14(16)12-17-10-4-2/h5-6,8-9,13,15,17-18H,3-4,7,10-12H2,1-2H3. The van der Waals surface area contributed by atoms with Crippen LogP contribution in [0.15, 0.2) is 29.2 Å². The van der Waals surface area contributed by atoms with Crippen molar-refractivity contribution in [2.45, 2.75) is 57.0 Å². The summed E-state index contributed by atoms with van der Waals surface area (Å²) in [6.45, 7) is 5.72. The van der Waals surface area contributed by atoms with Gasteiger partial charge in [0.25, 0.3) is 0 Å². The molecule has 1 aliphatic rings. The molecule has 0 saturated heterocycles. The average Bonchev–Trinajstić information content (AvgIpc) is 3.17. The lowest BCUT2D eigenvalue weighted by Crippen LogP contribution is -2.28. The molecule has 0 spiro atoms. The van der Waals surface area contributed by atoms with Crippen LogP contribution in [0.4, 0.5) is 0 Å². The number of nitrogens with one attached hydrogen (secondary N) is 2. The Hall–Kier alpha value is -0.910. The van der Waals surface area contributed by atoms with Crippen molar-refractivity contribution in [2.24, 2.45) is 5.92 Å². The van der Waals surface area contributed by atoms with Crippen molar-refractivity contribution in [3.63, 3.8) is 0 Å². The third kappa shape index (κ3) is 4.53. The van der Waals surface area contributed by atoms with E-state index in [9.17, 15) is 8.42 Å². The highest BCUT2D eigenvalue weighted by atomic mass is 32.2. The maximum atomic E-state index is 12.5. The van der Waals surface area contributed by atoms with Gasteiger partial charge in [0.05, 0.1) is 4.90 Å². The van der Waals surface area contributed by atoms with Crippen LogP contribution >= 0.6 is 0 Å². The first-order valence-corrected chi connectivity index (χ1v) is 9.37. The minimum Gasteiger partial charge on any atom is -0.313 e. The Morgan fingerprint density at radius 1 is 1.19 bits per heavy atom. The van der Waals surface area contributed by atoms with Crippen LogP contribution in [0.1, 0.15) is 45.1 Å². The lowest BCUT2D eigenvalue weighted by atomic mass is 10.2. The lowest BCUT2D eigenvalue weighted by molar-refractivity contribution is 0.570. The molecule has 0 amide bonds. The fourth-order valence-corrected chi connectivity index (χ4v) is 4.21. The van der Waals surface area contributed by atoms with Gasteiger partial charge in [0.1, 0.15) is 0 Å². The molecule has 2 N–H and O–H groups in total. The van der Waals surface area contributed by atoms with Crippen LogP contribution in [0.5, 0.6) is 0 Å². The normalized spacial score (nSPS) is 21.4. The molecular formula is C16H26N2O2S. The van der Waals surface area contributed by atoms with E-state index in [1.807, 2.05) is 12.1 Å². The minimum absolute atomic E-state index is 0.131. The Bertz CT molecular complexity index is 557. The zero-order valence-corrected chi connectivity index (χ0v) is 13.7. The first-order chi connectivity index (χ1) is 10.1. The molecule has 1 saturated carbocycles. The highest BCUT2D eigenvalue weighted by Gasteiger charge is 2.39. The maximum Gasteiger partial charge on any atom is 0.241 e. The van der Waals surface area contributed by atoms with Crippen molar-refractivity contribution < 1.29 is 8.42 Å². The van der Waals surface area contributed by atoms with E-state index in [0.29, 0.717) is 17.4 Å². The lowest BCUT2D eigenvalue weighted by Gasteiger charge is -2.12. The molecule has 21 heavy (non-hydrogen) atoms. The van der Waals surface area contributed by atoms with Gasteiger partial charge in [-0.25, -0.2) is 13.1 Å². The first kappa shape index (κ1) is 16.5. The largest absolute Gasteiger partial charge is 0.313 e. The van der Waals surface area contributed by atoms with Crippen molar-refractivity contribution in [3.05, 3.63) is 29.8 Å². The Labute approximate surface area is 128 Å². The van der Waals surface area contributed by atoms with E-state index in [-0.39, 0.29) is 6.04 Å². The molecular weight excluding hydrogens is 284 g/mol. The van der Waals surface area contributed by atoms with Crippen LogP contribution in [-0.2, 0) is 16.6 Å². The smallest absolute Gasteiger partial charge is 0.241 e. The molecule has 1 fully saturated rings. The molecule has 2 atom stereocenters. The summed E-state index contributed by atoms with van der Waals surface area (Å²) in [6, 6.07) is 7.38. The van der Waals surface area contributed by atoms with Gasteiger partial charge in [0.2, 0.25) is 10.0 Å². The Morgan fingerprint density at radius 2 is 1.95 bits per heavy atom. The van der Waals surface area contributed by atoms with Crippen molar-refractivity contribution in [1.82, 2.24) is 10.0 Å². The molecule has 5 heteroatoms. The summed E-state index contributed by atoms with van der Waals surface area (Å²) in [5.74, 6) is 0.523. The number of benzene rings is 1. The number of sulfonamides is 1. The number of hydrogen-bond donors (Lipinski definition) is 2. The topological polar surface area (TPSA) is 58.2 Å². The zero-order chi connectivity index (χ0) is 15.3. The van der Waals surface area contributed by atoms with E-state index in [2.05, 4.69) is 23.9 Å². The molecule has 0 aliphatic heterocycles. The fourth-order valence-electron chi connectivity index (χ4n) is 2.66. The van der Waals surface area contributed by atoms with Crippen molar-refractivity contribution in [1.29, 1.82) is 0 Å². The van der Waals surface area contributed by atoms with E-state index in [1.54, 1.807) is 12.1 Å². The molecule has 2 unspecified atom stereocenters. The van der Waals surface area contributed by atoms with E-state index >= 15 is 0 Å². The Kier molecular flexibility index (Phi) is 5.79. The maximum absolute atomic E-state index is 12.5. The van der Waals surface area contributed by atoms with Crippen LogP contribution in [0.3, 0.4) is 0 Å². The molecule has 2 rings (SSSR count). The summed E-state index contributed by atoms with van der Waals surface area (Å²) < 4.78 is 28.0. The Morgan fingerprint density at radius 3 is 2.67 bits per heavy atom. The van der Waals surface area contributed by atoms with Gasteiger partial charge in [-0.15, -0.1) is 0 Å². The monoisotopic (exact) mass is 310 g/mol. The summed E-state index contributed by atoms with van der Waals surface area (Å²) in [6.07, 6.45) is 4.23.